The van der Waals surface area contributed by atoms with Gasteiger partial charge in [0, 0.05) is 57.9 Å². The fraction of sp³-hybridized carbons (Fsp3) is 0.833. The molecule has 0 rings (SSSR count). The van der Waals surface area contributed by atoms with E-state index in [-0.39, 0.29) is 37.2 Å². The molecule has 0 aromatic heterocycles. The van der Waals surface area contributed by atoms with Gasteiger partial charge in [-0.25, -0.2) is 0 Å². The van der Waals surface area contributed by atoms with Gasteiger partial charge in [0.15, 0.2) is 0 Å². The summed E-state index contributed by atoms with van der Waals surface area (Å²) in [6.07, 6.45) is -0.613. The molecule has 2 amide bonds. The van der Waals surface area contributed by atoms with Crippen LogP contribution in [0.5, 0.6) is 0 Å². The summed E-state index contributed by atoms with van der Waals surface area (Å²) in [6, 6.07) is 0.552. The zero-order chi connectivity index (χ0) is 33.1. The van der Waals surface area contributed by atoms with Crippen molar-refractivity contribution in [2.75, 3.05) is 70.6 Å². The summed E-state index contributed by atoms with van der Waals surface area (Å²) >= 11 is 2.41. The van der Waals surface area contributed by atoms with Gasteiger partial charge in [-0.1, -0.05) is 13.8 Å². The minimum Gasteiger partial charge on any atom is -0.463 e. The van der Waals surface area contributed by atoms with E-state index in [1.807, 2.05) is 0 Å². The van der Waals surface area contributed by atoms with E-state index in [0.29, 0.717) is 24.8 Å². The molecular weight excluding hydrogens is 649 g/mol. The van der Waals surface area contributed by atoms with Crippen molar-refractivity contribution in [3.63, 3.8) is 0 Å². The number of hydrogen-bond acceptors (Lipinski definition) is 14. The van der Waals surface area contributed by atoms with Gasteiger partial charge in [-0.2, -0.15) is 8.42 Å². The van der Waals surface area contributed by atoms with Crippen LogP contribution in [-0.4, -0.2) is 133 Å². The molecule has 252 valence electrons. The van der Waals surface area contributed by atoms with Gasteiger partial charge in [0.05, 0.1) is 22.7 Å². The Morgan fingerprint density at radius 1 is 0.860 bits per heavy atom. The molecule has 19 heteroatoms. The number of esters is 2. The molecule has 4 N–H and O–H groups in total. The normalized spacial score (nSPS) is 14.7. The molecule has 0 spiro atoms. The van der Waals surface area contributed by atoms with Crippen LogP contribution in [0.2, 0.25) is 6.04 Å². The molecule has 0 aromatic carbocycles. The largest absolute Gasteiger partial charge is 0.500 e. The fourth-order valence-corrected chi connectivity index (χ4v) is 7.02. The third kappa shape index (κ3) is 19.5. The smallest absolute Gasteiger partial charge is 0.463 e. The number of ether oxygens (including phenoxy) is 2. The molecular formula is C24H46N2O13S3Si. The number of thioether (sulfide) groups is 2. The average Bonchev–Trinajstić information content (AvgIpc) is 2.96. The Morgan fingerprint density at radius 3 is 2.02 bits per heavy atom. The van der Waals surface area contributed by atoms with E-state index in [1.165, 1.54) is 33.1 Å². The van der Waals surface area contributed by atoms with Crippen LogP contribution in [0, 0.1) is 11.8 Å². The molecule has 0 aromatic rings. The van der Waals surface area contributed by atoms with E-state index in [4.69, 9.17) is 27.3 Å². The molecule has 15 nitrogen and oxygen atoms in total. The highest BCUT2D eigenvalue weighted by Crippen LogP contribution is 2.17. The van der Waals surface area contributed by atoms with Gasteiger partial charge in [-0.15, -0.1) is 23.5 Å². The van der Waals surface area contributed by atoms with Crippen molar-refractivity contribution in [1.82, 2.24) is 10.6 Å². The Bertz CT molecular complexity index is 962. The molecule has 0 aliphatic carbocycles. The van der Waals surface area contributed by atoms with E-state index in [9.17, 15) is 32.7 Å². The molecule has 0 heterocycles. The SMILES string of the molecule is CO[Si](CCCNC(=O)C(C)SCC(C)C(=O)OCC(O)COC(=O)CSCC(C)C(=O)NCCS(=O)(=O)O)(OC)OC. The summed E-state index contributed by atoms with van der Waals surface area (Å²) in [6.45, 7) is 4.40. The summed E-state index contributed by atoms with van der Waals surface area (Å²) in [7, 11) is -2.28. The molecule has 0 radical (unpaired) electrons. The maximum Gasteiger partial charge on any atom is 0.500 e. The van der Waals surface area contributed by atoms with E-state index >= 15 is 0 Å². The predicted octanol–water partition coefficient (Wildman–Crippen LogP) is -0.0508. The first-order valence-corrected chi connectivity index (χ1v) is 19.2. The molecule has 0 saturated carbocycles. The van der Waals surface area contributed by atoms with Crippen LogP contribution < -0.4 is 10.6 Å². The predicted molar refractivity (Wildman–Crippen MR) is 164 cm³/mol. The van der Waals surface area contributed by atoms with Crippen LogP contribution >= 0.6 is 23.5 Å². The van der Waals surface area contributed by atoms with Crippen LogP contribution in [0.15, 0.2) is 0 Å². The van der Waals surface area contributed by atoms with Crippen molar-refractivity contribution >= 4 is 66.2 Å². The third-order valence-electron chi connectivity index (χ3n) is 5.81. The fourth-order valence-electron chi connectivity index (χ4n) is 3.12. The highest BCUT2D eigenvalue weighted by atomic mass is 32.2. The second kappa shape index (κ2) is 22.1. The number of hydrogen-bond donors (Lipinski definition) is 4. The lowest BCUT2D eigenvalue weighted by Gasteiger charge is -2.24. The monoisotopic (exact) mass is 694 g/mol. The highest BCUT2D eigenvalue weighted by molar-refractivity contribution is 8.00. The molecule has 0 fully saturated rings. The number of carbonyl (C=O) groups is 4. The van der Waals surface area contributed by atoms with Crippen LogP contribution in [0.1, 0.15) is 27.2 Å². The molecule has 0 aliphatic rings. The van der Waals surface area contributed by atoms with Crippen molar-refractivity contribution in [2.45, 2.75) is 44.6 Å². The van der Waals surface area contributed by atoms with Gasteiger partial charge >= 0.3 is 20.7 Å². The molecule has 0 saturated heterocycles. The quantitative estimate of drug-likeness (QED) is 0.0451. The van der Waals surface area contributed by atoms with E-state index in [1.54, 1.807) is 20.8 Å². The lowest BCUT2D eigenvalue weighted by molar-refractivity contribution is -0.153. The lowest BCUT2D eigenvalue weighted by atomic mass is 10.2. The van der Waals surface area contributed by atoms with E-state index < -0.39 is 65.7 Å². The van der Waals surface area contributed by atoms with Crippen LogP contribution in [0.3, 0.4) is 0 Å². The Kier molecular flexibility index (Phi) is 21.4. The lowest BCUT2D eigenvalue weighted by Crippen LogP contribution is -2.43. The first kappa shape index (κ1) is 41.5. The Morgan fingerprint density at radius 2 is 1.44 bits per heavy atom. The molecule has 4 atom stereocenters. The van der Waals surface area contributed by atoms with Crippen LogP contribution in [0.4, 0.5) is 0 Å². The van der Waals surface area contributed by atoms with Gasteiger partial charge in [0.2, 0.25) is 11.8 Å². The van der Waals surface area contributed by atoms with Crippen LogP contribution in [0.25, 0.3) is 0 Å². The minimum atomic E-state index is -4.17. The zero-order valence-corrected chi connectivity index (χ0v) is 28.9. The summed E-state index contributed by atoms with van der Waals surface area (Å²) in [5.41, 5.74) is 0. The van der Waals surface area contributed by atoms with Crippen LogP contribution in [-0.2, 0) is 52.0 Å². The summed E-state index contributed by atoms with van der Waals surface area (Å²) in [5, 5.41) is 14.8. The third-order valence-corrected chi connectivity index (χ3v) is 11.9. The summed E-state index contributed by atoms with van der Waals surface area (Å²) in [5.74, 6) is -2.99. The molecule has 0 bridgehead atoms. The second-order valence-electron chi connectivity index (χ2n) is 9.53. The molecule has 43 heavy (non-hydrogen) atoms. The van der Waals surface area contributed by atoms with Gasteiger partial charge < -0.3 is 38.5 Å². The number of aliphatic hydroxyl groups excluding tert-OH is 1. The Labute approximate surface area is 263 Å². The maximum absolute atomic E-state index is 12.3. The highest BCUT2D eigenvalue weighted by Gasteiger charge is 2.36. The summed E-state index contributed by atoms with van der Waals surface area (Å²) in [4.78, 5) is 48.4. The van der Waals surface area contributed by atoms with Gasteiger partial charge in [-0.3, -0.25) is 23.7 Å². The van der Waals surface area contributed by atoms with Gasteiger partial charge in [0.25, 0.3) is 10.1 Å². The van der Waals surface area contributed by atoms with Crippen molar-refractivity contribution in [1.29, 1.82) is 0 Å². The van der Waals surface area contributed by atoms with E-state index in [0.717, 1.165) is 11.8 Å². The summed E-state index contributed by atoms with van der Waals surface area (Å²) < 4.78 is 56.1. The standard InChI is InChI=1S/C24H46N2O13S3Si/c1-17(22(29)26-9-10-42(32,33)34)14-40-16-21(28)38-12-20(27)13-39-24(31)18(2)15-41-19(3)23(30)25-8-7-11-43(35-4,36-5)37-6/h17-20,27H,7-16H2,1-6H3,(H,25,30)(H,26,29)(H,32,33,34). The van der Waals surface area contributed by atoms with Crippen molar-refractivity contribution in [3.8, 4) is 0 Å². The molecule has 0 aliphatic heterocycles. The first-order chi connectivity index (χ1) is 20.1. The second-order valence-corrected chi connectivity index (χ2v) is 16.6. The minimum absolute atomic E-state index is 0.0921. The van der Waals surface area contributed by atoms with Crippen molar-refractivity contribution < 1.29 is 60.0 Å². The van der Waals surface area contributed by atoms with Crippen molar-refractivity contribution in [2.24, 2.45) is 11.8 Å². The topological polar surface area (TPSA) is 213 Å². The Hall–Kier alpha value is -1.45. The van der Waals surface area contributed by atoms with Gasteiger partial charge in [-0.05, 0) is 13.3 Å². The maximum atomic E-state index is 12.3. The average molecular weight is 695 g/mol. The number of nitrogens with one attached hydrogen (secondary N) is 2. The number of rotatable bonds is 24. The molecule has 4 unspecified atom stereocenters. The number of aliphatic hydroxyl groups is 1. The van der Waals surface area contributed by atoms with E-state index in [2.05, 4.69) is 10.6 Å². The zero-order valence-electron chi connectivity index (χ0n) is 25.5. The number of amides is 2. The Balaban J connectivity index is 4.14. The van der Waals surface area contributed by atoms with Gasteiger partial charge in [0.1, 0.15) is 19.3 Å². The number of carbonyl (C=O) groups excluding carboxylic acids is 4. The van der Waals surface area contributed by atoms with Crippen molar-refractivity contribution in [3.05, 3.63) is 0 Å². The first-order valence-electron chi connectivity index (χ1n) is 13.4.